The van der Waals surface area contributed by atoms with E-state index in [4.69, 9.17) is 0 Å². The summed E-state index contributed by atoms with van der Waals surface area (Å²) in [6.45, 7) is 1.91. The van der Waals surface area contributed by atoms with E-state index >= 15 is 0 Å². The molecule has 13 heavy (non-hydrogen) atoms. The molecule has 1 saturated heterocycles. The van der Waals surface area contributed by atoms with Gasteiger partial charge in [-0.05, 0) is 13.0 Å². The molecule has 0 aromatic heterocycles. The van der Waals surface area contributed by atoms with E-state index in [1.54, 1.807) is 12.1 Å². The van der Waals surface area contributed by atoms with Crippen molar-refractivity contribution in [3.63, 3.8) is 0 Å². The summed E-state index contributed by atoms with van der Waals surface area (Å²) >= 11 is 0. The fourth-order valence-electron chi connectivity index (χ4n) is 1.48. The van der Waals surface area contributed by atoms with Gasteiger partial charge in [-0.1, -0.05) is 17.7 Å². The number of halogens is 1. The van der Waals surface area contributed by atoms with Crippen LogP contribution in [0.2, 0.25) is 0 Å². The van der Waals surface area contributed by atoms with Crippen LogP contribution in [0.4, 0.5) is 4.39 Å². The van der Waals surface area contributed by atoms with E-state index in [1.165, 1.54) is 6.07 Å². The van der Waals surface area contributed by atoms with Crippen LogP contribution in [0.5, 0.6) is 0 Å². The predicted molar refractivity (Wildman–Crippen MR) is 46.6 cm³/mol. The Labute approximate surface area is 75.8 Å². The Hall–Kier alpha value is -1.38. The Morgan fingerprint density at radius 3 is 2.85 bits per heavy atom. The largest absolute Gasteiger partial charge is 0.349 e. The quantitative estimate of drug-likeness (QED) is 0.653. The Morgan fingerprint density at radius 1 is 1.54 bits per heavy atom. The first-order valence-corrected chi connectivity index (χ1v) is 4.22. The second-order valence-corrected chi connectivity index (χ2v) is 3.35. The standard InChI is InChI=1S/C10H10FNO/c1-6-2-3-8(11)7(4-6)9-5-10(13)12-9/h2-4,9H,5H2,1H3,(H,12,13). The first-order chi connectivity index (χ1) is 6.16. The number of hydrogen-bond acceptors (Lipinski definition) is 1. The van der Waals surface area contributed by atoms with E-state index in [-0.39, 0.29) is 17.8 Å². The molecule has 0 bridgehead atoms. The third-order valence-corrected chi connectivity index (χ3v) is 2.25. The molecule has 1 atom stereocenters. The van der Waals surface area contributed by atoms with E-state index in [0.717, 1.165) is 5.56 Å². The van der Waals surface area contributed by atoms with Gasteiger partial charge in [-0.3, -0.25) is 4.79 Å². The number of carbonyl (C=O) groups is 1. The summed E-state index contributed by atoms with van der Waals surface area (Å²) in [6, 6.07) is 4.82. The zero-order chi connectivity index (χ0) is 9.42. The summed E-state index contributed by atoms with van der Waals surface area (Å²) < 4.78 is 13.2. The third-order valence-electron chi connectivity index (χ3n) is 2.25. The average molecular weight is 179 g/mol. The number of β-lactam (4-membered cyclic amide) rings is 1. The van der Waals surface area contributed by atoms with Crippen molar-refractivity contribution in [1.29, 1.82) is 0 Å². The molecule has 1 aliphatic rings. The monoisotopic (exact) mass is 179 g/mol. The van der Waals surface area contributed by atoms with Crippen molar-refractivity contribution in [3.05, 3.63) is 35.1 Å². The van der Waals surface area contributed by atoms with Crippen LogP contribution in [0.25, 0.3) is 0 Å². The second-order valence-electron chi connectivity index (χ2n) is 3.35. The number of amides is 1. The van der Waals surface area contributed by atoms with Gasteiger partial charge in [0.2, 0.25) is 5.91 Å². The summed E-state index contributed by atoms with van der Waals surface area (Å²) in [5.74, 6) is -0.249. The van der Waals surface area contributed by atoms with Crippen molar-refractivity contribution in [1.82, 2.24) is 5.32 Å². The van der Waals surface area contributed by atoms with Crippen molar-refractivity contribution >= 4 is 5.91 Å². The molecule has 1 N–H and O–H groups in total. The van der Waals surface area contributed by atoms with Crippen molar-refractivity contribution in [2.75, 3.05) is 0 Å². The van der Waals surface area contributed by atoms with Crippen LogP contribution in [0.15, 0.2) is 18.2 Å². The SMILES string of the molecule is Cc1ccc(F)c(C2CC(=O)N2)c1. The van der Waals surface area contributed by atoms with E-state index in [0.29, 0.717) is 12.0 Å². The molecule has 1 aliphatic heterocycles. The smallest absolute Gasteiger partial charge is 0.222 e. The highest BCUT2D eigenvalue weighted by molar-refractivity contribution is 5.83. The lowest BCUT2D eigenvalue weighted by atomic mass is 9.95. The van der Waals surface area contributed by atoms with Gasteiger partial charge in [-0.2, -0.15) is 0 Å². The Balaban J connectivity index is 2.29. The zero-order valence-corrected chi connectivity index (χ0v) is 7.30. The molecule has 0 spiro atoms. The molecule has 1 fully saturated rings. The lowest BCUT2D eigenvalue weighted by molar-refractivity contribution is -0.128. The van der Waals surface area contributed by atoms with Crippen LogP contribution in [0.1, 0.15) is 23.6 Å². The molecular formula is C10H10FNO. The predicted octanol–water partition coefficient (Wildman–Crippen LogP) is 1.70. The first-order valence-electron chi connectivity index (χ1n) is 4.22. The van der Waals surface area contributed by atoms with Gasteiger partial charge in [0, 0.05) is 5.56 Å². The number of rotatable bonds is 1. The maximum Gasteiger partial charge on any atom is 0.222 e. The van der Waals surface area contributed by atoms with Gasteiger partial charge in [0.25, 0.3) is 0 Å². The van der Waals surface area contributed by atoms with E-state index in [2.05, 4.69) is 5.32 Å². The third kappa shape index (κ3) is 1.41. The van der Waals surface area contributed by atoms with Crippen LogP contribution in [-0.2, 0) is 4.79 Å². The maximum atomic E-state index is 13.2. The summed E-state index contributed by atoms with van der Waals surface area (Å²) in [4.78, 5) is 10.6. The number of hydrogen-bond donors (Lipinski definition) is 1. The van der Waals surface area contributed by atoms with E-state index < -0.39 is 0 Å². The van der Waals surface area contributed by atoms with Crippen LogP contribution in [-0.4, -0.2) is 5.91 Å². The maximum absolute atomic E-state index is 13.2. The minimum atomic E-state index is -0.240. The van der Waals surface area contributed by atoms with Gasteiger partial charge >= 0.3 is 0 Å². The van der Waals surface area contributed by atoms with Crippen LogP contribution in [0, 0.1) is 12.7 Å². The van der Waals surface area contributed by atoms with Crippen LogP contribution < -0.4 is 5.32 Å². The van der Waals surface area contributed by atoms with Gasteiger partial charge in [-0.15, -0.1) is 0 Å². The van der Waals surface area contributed by atoms with Crippen molar-refractivity contribution in [2.24, 2.45) is 0 Å². The van der Waals surface area contributed by atoms with Gasteiger partial charge in [0.05, 0.1) is 12.5 Å². The molecule has 68 valence electrons. The zero-order valence-electron chi connectivity index (χ0n) is 7.30. The highest BCUT2D eigenvalue weighted by Crippen LogP contribution is 2.26. The molecule has 1 aromatic rings. The molecule has 1 aromatic carbocycles. The molecule has 0 radical (unpaired) electrons. The summed E-state index contributed by atoms with van der Waals surface area (Å²) in [5.41, 5.74) is 1.61. The van der Waals surface area contributed by atoms with Gasteiger partial charge < -0.3 is 5.32 Å². The van der Waals surface area contributed by atoms with Crippen molar-refractivity contribution in [2.45, 2.75) is 19.4 Å². The number of aryl methyl sites for hydroxylation is 1. The first kappa shape index (κ1) is 8.23. The van der Waals surface area contributed by atoms with E-state index in [1.807, 2.05) is 6.92 Å². The number of benzene rings is 1. The van der Waals surface area contributed by atoms with Gasteiger partial charge in [0.15, 0.2) is 0 Å². The van der Waals surface area contributed by atoms with Gasteiger partial charge in [0.1, 0.15) is 5.82 Å². The molecule has 1 amide bonds. The number of nitrogens with one attached hydrogen (secondary N) is 1. The minimum Gasteiger partial charge on any atom is -0.349 e. The van der Waals surface area contributed by atoms with Gasteiger partial charge in [-0.25, -0.2) is 4.39 Å². The Bertz CT molecular complexity index is 354. The normalized spacial score (nSPS) is 20.8. The highest BCUT2D eigenvalue weighted by Gasteiger charge is 2.28. The molecule has 1 unspecified atom stereocenters. The summed E-state index contributed by atoms with van der Waals surface area (Å²) in [5, 5.41) is 2.65. The fraction of sp³-hybridized carbons (Fsp3) is 0.300. The minimum absolute atomic E-state index is 0.00842. The topological polar surface area (TPSA) is 29.1 Å². The molecule has 2 rings (SSSR count). The lowest BCUT2D eigenvalue weighted by Crippen LogP contribution is -2.41. The molecular weight excluding hydrogens is 169 g/mol. The highest BCUT2D eigenvalue weighted by atomic mass is 19.1. The van der Waals surface area contributed by atoms with Crippen molar-refractivity contribution in [3.8, 4) is 0 Å². The molecule has 0 aliphatic carbocycles. The van der Waals surface area contributed by atoms with Crippen molar-refractivity contribution < 1.29 is 9.18 Å². The molecule has 3 heteroatoms. The van der Waals surface area contributed by atoms with E-state index in [9.17, 15) is 9.18 Å². The molecule has 2 nitrogen and oxygen atoms in total. The summed E-state index contributed by atoms with van der Waals surface area (Å²) in [7, 11) is 0. The van der Waals surface area contributed by atoms with Crippen LogP contribution >= 0.6 is 0 Å². The molecule has 1 heterocycles. The number of carbonyl (C=O) groups excluding carboxylic acids is 1. The molecule has 0 saturated carbocycles. The summed E-state index contributed by atoms with van der Waals surface area (Å²) in [6.07, 6.45) is 0.403. The lowest BCUT2D eigenvalue weighted by Gasteiger charge is -2.27. The average Bonchev–Trinajstić information content (AvgIpc) is 2.04. The second kappa shape index (κ2) is 2.83. The Morgan fingerprint density at radius 2 is 2.23 bits per heavy atom. The fourth-order valence-corrected chi connectivity index (χ4v) is 1.48. The van der Waals surface area contributed by atoms with Crippen LogP contribution in [0.3, 0.4) is 0 Å². The Kier molecular flexibility index (Phi) is 1.79.